The number of nitrogens with one attached hydrogen (secondary N) is 1. The molecule has 17 heavy (non-hydrogen) atoms. The van der Waals surface area contributed by atoms with Gasteiger partial charge in [-0.15, -0.1) is 0 Å². The molecule has 0 spiro atoms. The molecule has 1 unspecified atom stereocenters. The van der Waals surface area contributed by atoms with Crippen LogP contribution in [-0.2, 0) is 0 Å². The number of likely N-dealkylation sites (N-methyl/N-ethyl adjacent to an activating group) is 1. The van der Waals surface area contributed by atoms with Crippen molar-refractivity contribution >= 4 is 0 Å². The molecule has 0 aromatic heterocycles. The van der Waals surface area contributed by atoms with Crippen LogP contribution in [0.4, 0.5) is 8.78 Å². The van der Waals surface area contributed by atoms with Gasteiger partial charge in [-0.1, -0.05) is 20.3 Å². The lowest BCUT2D eigenvalue weighted by Crippen LogP contribution is -2.31. The van der Waals surface area contributed by atoms with Gasteiger partial charge in [-0.25, -0.2) is 8.78 Å². The molecule has 1 aromatic carbocycles. The van der Waals surface area contributed by atoms with Crippen LogP contribution in [0.2, 0.25) is 0 Å². The third-order valence-corrected chi connectivity index (χ3v) is 2.42. The van der Waals surface area contributed by atoms with Crippen LogP contribution < -0.4 is 10.1 Å². The Labute approximate surface area is 101 Å². The van der Waals surface area contributed by atoms with Crippen molar-refractivity contribution in [2.75, 3.05) is 13.1 Å². The molecule has 1 N–H and O–H groups in total. The van der Waals surface area contributed by atoms with E-state index in [-0.39, 0.29) is 11.9 Å². The average molecular weight is 243 g/mol. The molecule has 0 saturated heterocycles. The maximum atomic E-state index is 13.4. The molecule has 1 aromatic rings. The highest BCUT2D eigenvalue weighted by atomic mass is 19.1. The summed E-state index contributed by atoms with van der Waals surface area (Å²) in [5.74, 6) is -1.02. The summed E-state index contributed by atoms with van der Waals surface area (Å²) in [6.07, 6.45) is 1.62. The fourth-order valence-electron chi connectivity index (χ4n) is 1.58. The van der Waals surface area contributed by atoms with Gasteiger partial charge in [0.1, 0.15) is 11.9 Å². The van der Waals surface area contributed by atoms with Crippen molar-refractivity contribution in [3.63, 3.8) is 0 Å². The van der Waals surface area contributed by atoms with Crippen molar-refractivity contribution in [3.05, 3.63) is 29.8 Å². The number of hydrogen-bond donors (Lipinski definition) is 1. The molecule has 0 saturated carbocycles. The van der Waals surface area contributed by atoms with Crippen LogP contribution >= 0.6 is 0 Å². The second-order valence-corrected chi connectivity index (χ2v) is 3.91. The molecule has 0 fully saturated rings. The van der Waals surface area contributed by atoms with Gasteiger partial charge in [0.2, 0.25) is 0 Å². The lowest BCUT2D eigenvalue weighted by molar-refractivity contribution is 0.178. The molecule has 0 radical (unpaired) electrons. The largest absolute Gasteiger partial charge is 0.486 e. The first-order valence-corrected chi connectivity index (χ1v) is 5.99. The molecule has 0 bridgehead atoms. The van der Waals surface area contributed by atoms with Crippen molar-refractivity contribution in [2.45, 2.75) is 32.8 Å². The smallest absolute Gasteiger partial charge is 0.165 e. The van der Waals surface area contributed by atoms with E-state index in [1.807, 2.05) is 13.8 Å². The SMILES string of the molecule is CCCC(CNCC)Oc1cc(F)ccc1F. The minimum atomic E-state index is -0.524. The first kappa shape index (κ1) is 13.9. The molecule has 0 amide bonds. The monoisotopic (exact) mass is 243 g/mol. The summed E-state index contributed by atoms with van der Waals surface area (Å²) >= 11 is 0. The van der Waals surface area contributed by atoms with Crippen LogP contribution in [0.1, 0.15) is 26.7 Å². The maximum Gasteiger partial charge on any atom is 0.165 e. The predicted molar refractivity (Wildman–Crippen MR) is 64.2 cm³/mol. The summed E-state index contributed by atoms with van der Waals surface area (Å²) in [6.45, 7) is 5.49. The van der Waals surface area contributed by atoms with E-state index in [0.29, 0.717) is 6.54 Å². The minimum absolute atomic E-state index is 0.0126. The Bertz CT molecular complexity index is 344. The zero-order valence-electron chi connectivity index (χ0n) is 10.3. The normalized spacial score (nSPS) is 12.5. The van der Waals surface area contributed by atoms with Crippen molar-refractivity contribution in [2.24, 2.45) is 0 Å². The molecule has 0 aliphatic carbocycles. The Balaban J connectivity index is 2.67. The van der Waals surface area contributed by atoms with E-state index in [0.717, 1.165) is 37.6 Å². The zero-order valence-corrected chi connectivity index (χ0v) is 10.3. The van der Waals surface area contributed by atoms with Crippen molar-refractivity contribution in [1.82, 2.24) is 5.32 Å². The summed E-state index contributed by atoms with van der Waals surface area (Å²) in [5.41, 5.74) is 0. The molecule has 4 heteroatoms. The summed E-state index contributed by atoms with van der Waals surface area (Å²) in [7, 11) is 0. The predicted octanol–water partition coefficient (Wildman–Crippen LogP) is 3.12. The van der Waals surface area contributed by atoms with Gasteiger partial charge in [-0.2, -0.15) is 0 Å². The van der Waals surface area contributed by atoms with Gasteiger partial charge >= 0.3 is 0 Å². The Morgan fingerprint density at radius 2 is 2.06 bits per heavy atom. The van der Waals surface area contributed by atoms with E-state index in [2.05, 4.69) is 5.32 Å². The topological polar surface area (TPSA) is 21.3 Å². The van der Waals surface area contributed by atoms with Crippen molar-refractivity contribution in [1.29, 1.82) is 0 Å². The second kappa shape index (κ2) is 7.22. The Morgan fingerprint density at radius 3 is 2.71 bits per heavy atom. The summed E-state index contributed by atoms with van der Waals surface area (Å²) in [6, 6.07) is 3.26. The molecule has 96 valence electrons. The minimum Gasteiger partial charge on any atom is -0.486 e. The van der Waals surface area contributed by atoms with Gasteiger partial charge < -0.3 is 10.1 Å². The van der Waals surface area contributed by atoms with Gasteiger partial charge in [0, 0.05) is 12.6 Å². The fourth-order valence-corrected chi connectivity index (χ4v) is 1.58. The van der Waals surface area contributed by atoms with Crippen LogP contribution in [0, 0.1) is 11.6 Å². The average Bonchev–Trinajstić information content (AvgIpc) is 2.31. The van der Waals surface area contributed by atoms with Crippen molar-refractivity contribution in [3.8, 4) is 5.75 Å². The van der Waals surface area contributed by atoms with Gasteiger partial charge in [-0.05, 0) is 25.1 Å². The highest BCUT2D eigenvalue weighted by molar-refractivity contribution is 5.25. The number of rotatable bonds is 7. The summed E-state index contributed by atoms with van der Waals surface area (Å²) in [5, 5.41) is 3.15. The van der Waals surface area contributed by atoms with Crippen LogP contribution in [-0.4, -0.2) is 19.2 Å². The molecular weight excluding hydrogens is 224 g/mol. The molecule has 1 atom stereocenters. The Morgan fingerprint density at radius 1 is 1.29 bits per heavy atom. The first-order chi connectivity index (χ1) is 8.17. The summed E-state index contributed by atoms with van der Waals surface area (Å²) < 4.78 is 31.8. The van der Waals surface area contributed by atoms with Gasteiger partial charge in [0.25, 0.3) is 0 Å². The molecule has 0 aliphatic rings. The lowest BCUT2D eigenvalue weighted by Gasteiger charge is -2.19. The van der Waals surface area contributed by atoms with Crippen LogP contribution in [0.15, 0.2) is 18.2 Å². The molecule has 2 nitrogen and oxygen atoms in total. The molecule has 1 rings (SSSR count). The number of ether oxygens (including phenoxy) is 1. The molecule has 0 heterocycles. The second-order valence-electron chi connectivity index (χ2n) is 3.91. The van der Waals surface area contributed by atoms with Gasteiger partial charge in [-0.3, -0.25) is 0 Å². The maximum absolute atomic E-state index is 13.4. The van der Waals surface area contributed by atoms with E-state index in [1.165, 1.54) is 0 Å². The first-order valence-electron chi connectivity index (χ1n) is 5.99. The van der Waals surface area contributed by atoms with E-state index >= 15 is 0 Å². The van der Waals surface area contributed by atoms with Crippen molar-refractivity contribution < 1.29 is 13.5 Å². The highest BCUT2D eigenvalue weighted by Gasteiger charge is 2.12. The zero-order chi connectivity index (χ0) is 12.7. The van der Waals surface area contributed by atoms with E-state index in [9.17, 15) is 8.78 Å². The highest BCUT2D eigenvalue weighted by Crippen LogP contribution is 2.20. The van der Waals surface area contributed by atoms with Crippen LogP contribution in [0.25, 0.3) is 0 Å². The molecular formula is C13H19F2NO. The van der Waals surface area contributed by atoms with E-state index in [1.54, 1.807) is 0 Å². The summed E-state index contributed by atoms with van der Waals surface area (Å²) in [4.78, 5) is 0. The standard InChI is InChI=1S/C13H19F2NO/c1-3-5-11(9-16-4-2)17-13-8-10(14)6-7-12(13)15/h6-8,11,16H,3-5,9H2,1-2H3. The third-order valence-electron chi connectivity index (χ3n) is 2.42. The lowest BCUT2D eigenvalue weighted by atomic mass is 10.2. The fraction of sp³-hybridized carbons (Fsp3) is 0.538. The van der Waals surface area contributed by atoms with E-state index in [4.69, 9.17) is 4.74 Å². The van der Waals surface area contributed by atoms with E-state index < -0.39 is 11.6 Å². The van der Waals surface area contributed by atoms with Crippen LogP contribution in [0.5, 0.6) is 5.75 Å². The number of benzene rings is 1. The van der Waals surface area contributed by atoms with Gasteiger partial charge in [0.05, 0.1) is 0 Å². The van der Waals surface area contributed by atoms with Crippen LogP contribution in [0.3, 0.4) is 0 Å². The molecule has 0 aliphatic heterocycles. The quantitative estimate of drug-likeness (QED) is 0.794. The number of halogens is 2. The van der Waals surface area contributed by atoms with Gasteiger partial charge in [0.15, 0.2) is 11.6 Å². The number of hydrogen-bond acceptors (Lipinski definition) is 2. The Hall–Kier alpha value is -1.16. The third kappa shape index (κ3) is 4.69. The Kier molecular flexibility index (Phi) is 5.91.